The van der Waals surface area contributed by atoms with E-state index in [1.54, 1.807) is 26.2 Å². The predicted octanol–water partition coefficient (Wildman–Crippen LogP) is 2.57. The number of rotatable bonds is 8. The number of imide groups is 1. The number of ether oxygens (including phenoxy) is 1. The number of nitrogens with zero attached hydrogens (tertiary/aromatic N) is 3. The molecule has 1 aromatic heterocycles. The van der Waals surface area contributed by atoms with Crippen molar-refractivity contribution in [2.24, 2.45) is 0 Å². The summed E-state index contributed by atoms with van der Waals surface area (Å²) in [5.74, 6) is 0.281. The molecule has 3 amide bonds. The lowest BCUT2D eigenvalue weighted by molar-refractivity contribution is -0.119. The zero-order chi connectivity index (χ0) is 19.8. The van der Waals surface area contributed by atoms with Crippen LogP contribution in [0.1, 0.15) is 13.3 Å². The Morgan fingerprint density at radius 2 is 2.00 bits per heavy atom. The van der Waals surface area contributed by atoms with Crippen molar-refractivity contribution in [2.75, 3.05) is 20.8 Å². The molecule has 0 aliphatic carbocycles. The summed E-state index contributed by atoms with van der Waals surface area (Å²) in [4.78, 5) is 23.4. The van der Waals surface area contributed by atoms with E-state index >= 15 is 0 Å². The summed E-state index contributed by atoms with van der Waals surface area (Å²) < 4.78 is 7.07. The van der Waals surface area contributed by atoms with Crippen molar-refractivity contribution in [3.8, 4) is 11.4 Å². The number of hydrogen-bond acceptors (Lipinski definition) is 6. The smallest absolute Gasteiger partial charge is 0.321 e. The number of hydrogen-bond donors (Lipinski definition) is 2. The lowest BCUT2D eigenvalue weighted by Crippen LogP contribution is -2.41. The second-order valence-corrected chi connectivity index (χ2v) is 7.38. The fourth-order valence-electron chi connectivity index (χ4n) is 2.24. The van der Waals surface area contributed by atoms with E-state index in [-0.39, 0.29) is 0 Å². The van der Waals surface area contributed by atoms with Gasteiger partial charge >= 0.3 is 6.03 Å². The number of carbonyl (C=O) groups excluding carboxylic acids is 2. The average Bonchev–Trinajstić information content (AvgIpc) is 3.05. The average molecular weight is 412 g/mol. The Kier molecular flexibility index (Phi) is 8.08. The first kappa shape index (κ1) is 21.2. The lowest BCUT2D eigenvalue weighted by atomic mass is 10.2. The van der Waals surface area contributed by atoms with Crippen molar-refractivity contribution >= 4 is 35.3 Å². The van der Waals surface area contributed by atoms with Crippen molar-refractivity contribution in [1.82, 2.24) is 25.4 Å². The normalized spacial score (nSPS) is 11.9. The van der Waals surface area contributed by atoms with Crippen LogP contribution < -0.4 is 10.6 Å². The van der Waals surface area contributed by atoms with E-state index < -0.39 is 17.2 Å². The van der Waals surface area contributed by atoms with Gasteiger partial charge < -0.3 is 14.6 Å². The molecule has 0 radical (unpaired) electrons. The summed E-state index contributed by atoms with van der Waals surface area (Å²) >= 11 is 7.20. The molecule has 0 aliphatic rings. The van der Waals surface area contributed by atoms with Crippen molar-refractivity contribution in [3.63, 3.8) is 0 Å². The molecule has 2 aromatic rings. The Morgan fingerprint density at radius 1 is 1.30 bits per heavy atom. The lowest BCUT2D eigenvalue weighted by Gasteiger charge is -2.13. The van der Waals surface area contributed by atoms with Gasteiger partial charge in [0, 0.05) is 37.9 Å². The molecule has 27 heavy (non-hydrogen) atoms. The van der Waals surface area contributed by atoms with E-state index in [1.165, 1.54) is 18.8 Å². The minimum Gasteiger partial charge on any atom is -0.385 e. The summed E-state index contributed by atoms with van der Waals surface area (Å²) in [7, 11) is 3.10. The number of thioether (sulfide) groups is 1. The van der Waals surface area contributed by atoms with E-state index in [2.05, 4.69) is 20.8 Å². The van der Waals surface area contributed by atoms with Crippen molar-refractivity contribution in [3.05, 3.63) is 29.3 Å². The molecular weight excluding hydrogens is 390 g/mol. The maximum absolute atomic E-state index is 12.1. The molecule has 8 nitrogen and oxygen atoms in total. The minimum atomic E-state index is -0.545. The quantitative estimate of drug-likeness (QED) is 0.511. The van der Waals surface area contributed by atoms with Crippen molar-refractivity contribution in [2.45, 2.75) is 30.3 Å². The molecule has 0 fully saturated rings. The Hall–Kier alpha value is -2.10. The molecule has 0 bridgehead atoms. The highest BCUT2D eigenvalue weighted by Crippen LogP contribution is 2.28. The molecule has 2 rings (SSSR count). The van der Waals surface area contributed by atoms with Crippen molar-refractivity contribution in [1.29, 1.82) is 0 Å². The second kappa shape index (κ2) is 10.3. The Balaban J connectivity index is 2.23. The highest BCUT2D eigenvalue weighted by Gasteiger charge is 2.21. The minimum absolute atomic E-state index is 0.404. The Morgan fingerprint density at radius 3 is 2.63 bits per heavy atom. The fourth-order valence-corrected chi connectivity index (χ4v) is 3.25. The molecule has 1 heterocycles. The van der Waals surface area contributed by atoms with Gasteiger partial charge in [0.15, 0.2) is 11.0 Å². The van der Waals surface area contributed by atoms with E-state index in [9.17, 15) is 9.59 Å². The first-order valence-corrected chi connectivity index (χ1v) is 9.59. The molecule has 1 atom stereocenters. The number of nitrogens with one attached hydrogen (secondary N) is 2. The molecular formula is C17H22ClN5O3S. The third-order valence-electron chi connectivity index (χ3n) is 3.66. The van der Waals surface area contributed by atoms with Crippen LogP contribution in [0.2, 0.25) is 5.02 Å². The van der Waals surface area contributed by atoms with Crippen LogP contribution in [0.15, 0.2) is 29.4 Å². The number of urea groups is 1. The van der Waals surface area contributed by atoms with Crippen LogP contribution >= 0.6 is 23.4 Å². The Bertz CT molecular complexity index is 781. The van der Waals surface area contributed by atoms with Crippen LogP contribution in [0.4, 0.5) is 4.79 Å². The van der Waals surface area contributed by atoms with Gasteiger partial charge in [-0.05, 0) is 37.6 Å². The SMILES string of the molecule is CNC(=O)NC(=O)[C@H](C)Sc1nnc(-c2ccc(Cl)cc2)n1CCCOC. The molecule has 146 valence electrons. The van der Waals surface area contributed by atoms with Gasteiger partial charge in [0.1, 0.15) is 0 Å². The van der Waals surface area contributed by atoms with Crippen LogP contribution in [0, 0.1) is 0 Å². The molecule has 0 spiro atoms. The largest absolute Gasteiger partial charge is 0.385 e. The predicted molar refractivity (Wildman–Crippen MR) is 105 cm³/mol. The van der Waals surface area contributed by atoms with Crippen LogP contribution in [-0.4, -0.2) is 52.7 Å². The monoisotopic (exact) mass is 411 g/mol. The van der Waals surface area contributed by atoms with Crippen LogP contribution in [0.3, 0.4) is 0 Å². The van der Waals surface area contributed by atoms with Gasteiger partial charge in [-0.3, -0.25) is 10.1 Å². The van der Waals surface area contributed by atoms with Crippen molar-refractivity contribution < 1.29 is 14.3 Å². The maximum Gasteiger partial charge on any atom is 0.321 e. The third-order valence-corrected chi connectivity index (χ3v) is 5.00. The second-order valence-electron chi connectivity index (χ2n) is 5.64. The standard InChI is InChI=1S/C17H22ClN5O3S/c1-11(15(24)20-16(25)19-2)27-17-22-21-14(23(17)9-4-10-26-3)12-5-7-13(18)8-6-12/h5-8,11H,4,9-10H2,1-3H3,(H2,19,20,24,25)/t11-/m0/s1. The highest BCUT2D eigenvalue weighted by molar-refractivity contribution is 8.00. The summed E-state index contributed by atoms with van der Waals surface area (Å²) in [5.41, 5.74) is 0.874. The molecule has 0 unspecified atom stereocenters. The van der Waals surface area contributed by atoms with Gasteiger partial charge in [0.2, 0.25) is 5.91 Å². The molecule has 2 N–H and O–H groups in total. The zero-order valence-corrected chi connectivity index (χ0v) is 16.9. The van der Waals surface area contributed by atoms with E-state index in [1.807, 2.05) is 16.7 Å². The maximum atomic E-state index is 12.1. The van der Waals surface area contributed by atoms with Crippen LogP contribution in [0.5, 0.6) is 0 Å². The van der Waals surface area contributed by atoms with E-state index in [0.717, 1.165) is 12.0 Å². The molecule has 0 saturated carbocycles. The number of methoxy groups -OCH3 is 1. The summed E-state index contributed by atoms with van der Waals surface area (Å²) in [5, 5.41) is 13.8. The highest BCUT2D eigenvalue weighted by atomic mass is 35.5. The Labute approximate surface area is 167 Å². The van der Waals surface area contributed by atoms with Gasteiger partial charge in [0.25, 0.3) is 0 Å². The molecule has 1 aromatic carbocycles. The molecule has 0 aliphatic heterocycles. The third kappa shape index (κ3) is 5.95. The van der Waals surface area contributed by atoms with Gasteiger partial charge in [0.05, 0.1) is 5.25 Å². The van der Waals surface area contributed by atoms with Gasteiger partial charge in [-0.25, -0.2) is 4.79 Å². The summed E-state index contributed by atoms with van der Waals surface area (Å²) in [6.45, 7) is 2.93. The van der Waals surface area contributed by atoms with E-state index in [0.29, 0.717) is 29.2 Å². The van der Waals surface area contributed by atoms with Gasteiger partial charge in [-0.2, -0.15) is 0 Å². The topological polar surface area (TPSA) is 98.1 Å². The summed E-state index contributed by atoms with van der Waals surface area (Å²) in [6, 6.07) is 6.77. The number of benzene rings is 1. The number of amides is 3. The van der Waals surface area contributed by atoms with Gasteiger partial charge in [-0.15, -0.1) is 10.2 Å². The van der Waals surface area contributed by atoms with Gasteiger partial charge in [-0.1, -0.05) is 23.4 Å². The molecule has 0 saturated heterocycles. The van der Waals surface area contributed by atoms with Crippen LogP contribution in [0.25, 0.3) is 11.4 Å². The molecule has 10 heteroatoms. The van der Waals surface area contributed by atoms with E-state index in [4.69, 9.17) is 16.3 Å². The number of halogens is 1. The fraction of sp³-hybridized carbons (Fsp3) is 0.412. The summed E-state index contributed by atoms with van der Waals surface area (Å²) in [6.07, 6.45) is 0.765. The first-order valence-electron chi connectivity index (χ1n) is 8.33. The number of aromatic nitrogens is 3. The first-order chi connectivity index (χ1) is 13.0. The number of carbonyl (C=O) groups is 2. The zero-order valence-electron chi connectivity index (χ0n) is 15.4. The van der Waals surface area contributed by atoms with Crippen LogP contribution in [-0.2, 0) is 16.1 Å².